The van der Waals surface area contributed by atoms with Gasteiger partial charge in [-0.25, -0.2) is 0 Å². The molecule has 0 amide bonds. The first-order chi connectivity index (χ1) is 8.74. The van der Waals surface area contributed by atoms with Gasteiger partial charge < -0.3 is 4.90 Å². The third-order valence-electron chi connectivity index (χ3n) is 4.05. The van der Waals surface area contributed by atoms with Crippen LogP contribution in [0.5, 0.6) is 0 Å². The van der Waals surface area contributed by atoms with Crippen LogP contribution < -0.4 is 0 Å². The molecule has 1 saturated heterocycles. The maximum Gasteiger partial charge on any atom is 0.0195 e. The van der Waals surface area contributed by atoms with Gasteiger partial charge >= 0.3 is 0 Å². The Hall–Kier alpha value is 0.400. The van der Waals surface area contributed by atoms with Crippen LogP contribution in [0, 0.1) is 0 Å². The lowest BCUT2D eigenvalue weighted by atomic mass is 10.1. The van der Waals surface area contributed by atoms with Gasteiger partial charge in [0.15, 0.2) is 0 Å². The summed E-state index contributed by atoms with van der Waals surface area (Å²) in [7, 11) is 2.24. The summed E-state index contributed by atoms with van der Waals surface area (Å²) in [5.41, 5.74) is 0. The Labute approximate surface area is 122 Å². The van der Waals surface area contributed by atoms with E-state index < -0.39 is 0 Å². The minimum Gasteiger partial charge on any atom is -0.304 e. The van der Waals surface area contributed by atoms with E-state index in [-0.39, 0.29) is 0 Å². The minimum atomic E-state index is 0.752. The number of halogens is 1. The van der Waals surface area contributed by atoms with Crippen LogP contribution in [0.1, 0.15) is 51.9 Å². The molecule has 0 aromatic carbocycles. The number of unbranched alkanes of at least 4 members (excludes halogenated alkanes) is 6. The highest BCUT2D eigenvalue weighted by Crippen LogP contribution is 2.12. The average molecular weight is 319 g/mol. The molecular formula is C15H31BrN2. The molecule has 1 fully saturated rings. The highest BCUT2D eigenvalue weighted by Gasteiger charge is 2.20. The largest absolute Gasteiger partial charge is 0.304 e. The van der Waals surface area contributed by atoms with Crippen LogP contribution in [0.15, 0.2) is 0 Å². The molecule has 0 spiro atoms. The second-order valence-corrected chi connectivity index (χ2v) is 6.60. The van der Waals surface area contributed by atoms with Gasteiger partial charge in [0.05, 0.1) is 0 Å². The van der Waals surface area contributed by atoms with Crippen LogP contribution in [-0.2, 0) is 0 Å². The number of alkyl halides is 1. The van der Waals surface area contributed by atoms with Crippen LogP contribution >= 0.6 is 15.9 Å². The van der Waals surface area contributed by atoms with Gasteiger partial charge in [0.2, 0.25) is 0 Å². The van der Waals surface area contributed by atoms with Crippen LogP contribution in [0.25, 0.3) is 0 Å². The first-order valence-electron chi connectivity index (χ1n) is 7.72. The van der Waals surface area contributed by atoms with Crippen LogP contribution in [0.4, 0.5) is 0 Å². The second-order valence-electron chi connectivity index (χ2n) is 5.81. The highest BCUT2D eigenvalue weighted by atomic mass is 79.9. The molecule has 18 heavy (non-hydrogen) atoms. The number of likely N-dealkylation sites (N-methyl/N-ethyl adjacent to an activating group) is 1. The Balaban J connectivity index is 1.91. The fourth-order valence-electron chi connectivity index (χ4n) is 2.80. The summed E-state index contributed by atoms with van der Waals surface area (Å²) in [5, 5.41) is 1.17. The van der Waals surface area contributed by atoms with Crippen LogP contribution in [0.3, 0.4) is 0 Å². The third kappa shape index (κ3) is 7.10. The predicted molar refractivity (Wildman–Crippen MR) is 84.6 cm³/mol. The molecular weight excluding hydrogens is 288 g/mol. The van der Waals surface area contributed by atoms with Gasteiger partial charge in [-0.1, -0.05) is 48.0 Å². The Morgan fingerprint density at radius 3 is 2.17 bits per heavy atom. The molecule has 1 atom stereocenters. The lowest BCUT2D eigenvalue weighted by molar-refractivity contribution is 0.0984. The topological polar surface area (TPSA) is 6.48 Å². The van der Waals surface area contributed by atoms with Crippen molar-refractivity contribution in [1.29, 1.82) is 0 Å². The molecule has 3 heteroatoms. The highest BCUT2D eigenvalue weighted by molar-refractivity contribution is 9.09. The van der Waals surface area contributed by atoms with Crippen LogP contribution in [-0.4, -0.2) is 54.4 Å². The number of hydrogen-bond acceptors (Lipinski definition) is 2. The fraction of sp³-hybridized carbons (Fsp3) is 1.00. The van der Waals surface area contributed by atoms with E-state index in [1.165, 1.54) is 76.5 Å². The molecule has 1 unspecified atom stereocenters. The molecule has 0 N–H and O–H groups in total. The van der Waals surface area contributed by atoms with E-state index in [9.17, 15) is 0 Å². The zero-order valence-corrected chi connectivity index (χ0v) is 13.9. The smallest absolute Gasteiger partial charge is 0.0195 e. The SMILES string of the molecule is CC1CN(C)CCN1CCCCCCCCCBr. The molecule has 2 nitrogen and oxygen atoms in total. The predicted octanol–water partition coefficient (Wildman–Crippen LogP) is 3.75. The summed E-state index contributed by atoms with van der Waals surface area (Å²) in [6.45, 7) is 7.44. The molecule has 0 saturated carbocycles. The number of piperazine rings is 1. The first-order valence-corrected chi connectivity index (χ1v) is 8.84. The van der Waals surface area contributed by atoms with Crippen LogP contribution in [0.2, 0.25) is 0 Å². The summed E-state index contributed by atoms with van der Waals surface area (Å²) < 4.78 is 0. The van der Waals surface area contributed by atoms with Crippen molar-refractivity contribution in [3.05, 3.63) is 0 Å². The average Bonchev–Trinajstić information content (AvgIpc) is 2.35. The van der Waals surface area contributed by atoms with Gasteiger partial charge in [0, 0.05) is 31.0 Å². The normalized spacial score (nSPS) is 22.5. The Morgan fingerprint density at radius 1 is 0.944 bits per heavy atom. The lowest BCUT2D eigenvalue weighted by Crippen LogP contribution is -2.50. The van der Waals surface area contributed by atoms with E-state index in [1.54, 1.807) is 0 Å². The summed E-state index contributed by atoms with van der Waals surface area (Å²) in [6.07, 6.45) is 9.87. The van der Waals surface area contributed by atoms with Crippen molar-refractivity contribution in [2.45, 2.75) is 57.9 Å². The molecule has 1 rings (SSSR count). The summed E-state index contributed by atoms with van der Waals surface area (Å²) in [4.78, 5) is 5.12. The Kier molecular flexibility index (Phi) is 9.34. The van der Waals surface area contributed by atoms with Crippen molar-refractivity contribution >= 4 is 15.9 Å². The van der Waals surface area contributed by atoms with Gasteiger partial charge in [-0.15, -0.1) is 0 Å². The van der Waals surface area contributed by atoms with Crippen molar-refractivity contribution in [3.8, 4) is 0 Å². The molecule has 108 valence electrons. The van der Waals surface area contributed by atoms with E-state index in [0.29, 0.717) is 0 Å². The second kappa shape index (κ2) is 10.2. The van der Waals surface area contributed by atoms with Crippen molar-refractivity contribution in [1.82, 2.24) is 9.80 Å². The number of rotatable bonds is 9. The van der Waals surface area contributed by atoms with E-state index in [0.717, 1.165) is 6.04 Å². The molecule has 1 heterocycles. The minimum absolute atomic E-state index is 0.752. The molecule has 0 aromatic heterocycles. The standard InChI is InChI=1S/C15H31BrN2/c1-15-14-17(2)12-13-18(15)11-9-7-5-3-4-6-8-10-16/h15H,3-14H2,1-2H3. The Bertz CT molecular complexity index is 199. The van der Waals surface area contributed by atoms with Gasteiger partial charge in [0.25, 0.3) is 0 Å². The van der Waals surface area contributed by atoms with E-state index in [4.69, 9.17) is 0 Å². The molecule has 0 radical (unpaired) electrons. The fourth-order valence-corrected chi connectivity index (χ4v) is 3.20. The number of hydrogen-bond donors (Lipinski definition) is 0. The zero-order chi connectivity index (χ0) is 13.2. The van der Waals surface area contributed by atoms with Crippen molar-refractivity contribution < 1.29 is 0 Å². The third-order valence-corrected chi connectivity index (χ3v) is 4.61. The van der Waals surface area contributed by atoms with Crippen molar-refractivity contribution in [3.63, 3.8) is 0 Å². The number of nitrogens with zero attached hydrogens (tertiary/aromatic N) is 2. The van der Waals surface area contributed by atoms with Gasteiger partial charge in [-0.05, 0) is 33.4 Å². The maximum atomic E-state index is 3.49. The van der Waals surface area contributed by atoms with E-state index in [1.807, 2.05) is 0 Å². The van der Waals surface area contributed by atoms with Gasteiger partial charge in [-0.2, -0.15) is 0 Å². The molecule has 0 bridgehead atoms. The van der Waals surface area contributed by atoms with E-state index >= 15 is 0 Å². The molecule has 0 aliphatic carbocycles. The van der Waals surface area contributed by atoms with E-state index in [2.05, 4.69) is 39.7 Å². The molecule has 1 aliphatic heterocycles. The van der Waals surface area contributed by atoms with Crippen molar-refractivity contribution in [2.24, 2.45) is 0 Å². The van der Waals surface area contributed by atoms with Gasteiger partial charge in [-0.3, -0.25) is 4.90 Å². The summed E-state index contributed by atoms with van der Waals surface area (Å²) in [6, 6.07) is 0.752. The first kappa shape index (κ1) is 16.5. The summed E-state index contributed by atoms with van der Waals surface area (Å²) in [5.74, 6) is 0. The summed E-state index contributed by atoms with van der Waals surface area (Å²) >= 11 is 3.49. The molecule has 0 aromatic rings. The van der Waals surface area contributed by atoms with Crippen molar-refractivity contribution in [2.75, 3.05) is 38.6 Å². The zero-order valence-electron chi connectivity index (χ0n) is 12.3. The quantitative estimate of drug-likeness (QED) is 0.472. The van der Waals surface area contributed by atoms with Gasteiger partial charge in [0.1, 0.15) is 0 Å². The Morgan fingerprint density at radius 2 is 1.56 bits per heavy atom. The molecule has 1 aliphatic rings. The monoisotopic (exact) mass is 318 g/mol. The lowest BCUT2D eigenvalue weighted by Gasteiger charge is -2.38. The maximum absolute atomic E-state index is 3.49.